The van der Waals surface area contributed by atoms with Crippen molar-refractivity contribution in [3.05, 3.63) is 35.9 Å². The second-order valence-electron chi connectivity index (χ2n) is 6.52. The summed E-state index contributed by atoms with van der Waals surface area (Å²) < 4.78 is 0. The highest BCUT2D eigenvalue weighted by molar-refractivity contribution is 5.90. The summed E-state index contributed by atoms with van der Waals surface area (Å²) in [5, 5.41) is 11.7. The number of rotatable bonds is 6. The van der Waals surface area contributed by atoms with Crippen molar-refractivity contribution in [2.75, 3.05) is 6.54 Å². The first-order valence-electron chi connectivity index (χ1n) is 7.46. The van der Waals surface area contributed by atoms with Gasteiger partial charge in [-0.3, -0.25) is 14.4 Å². The Morgan fingerprint density at radius 3 is 2.22 bits per heavy atom. The second-order valence-corrected chi connectivity index (χ2v) is 6.52. The first-order valence-corrected chi connectivity index (χ1v) is 7.46. The zero-order valence-electron chi connectivity index (χ0n) is 14.0. The normalized spacial score (nSPS) is 12.3. The molecular weight excluding hydrogens is 296 g/mol. The van der Waals surface area contributed by atoms with Gasteiger partial charge < -0.3 is 15.3 Å². The van der Waals surface area contributed by atoms with E-state index in [0.717, 1.165) is 5.56 Å². The molecule has 2 amide bonds. The molecule has 0 aliphatic rings. The maximum absolute atomic E-state index is 12.5. The number of carbonyl (C=O) groups excluding carboxylic acids is 2. The average Bonchev–Trinajstić information content (AvgIpc) is 2.45. The molecule has 6 nitrogen and oxygen atoms in total. The lowest BCUT2D eigenvalue weighted by atomic mass is 9.95. The highest BCUT2D eigenvalue weighted by atomic mass is 16.4. The van der Waals surface area contributed by atoms with Gasteiger partial charge in [-0.25, -0.2) is 0 Å². The molecule has 0 aromatic heterocycles. The van der Waals surface area contributed by atoms with E-state index in [2.05, 4.69) is 5.32 Å². The zero-order valence-corrected chi connectivity index (χ0v) is 14.0. The van der Waals surface area contributed by atoms with Crippen LogP contribution >= 0.6 is 0 Å². The van der Waals surface area contributed by atoms with E-state index in [1.165, 1.54) is 4.90 Å². The van der Waals surface area contributed by atoms with E-state index >= 15 is 0 Å². The predicted octanol–water partition coefficient (Wildman–Crippen LogP) is 1.65. The Morgan fingerprint density at radius 2 is 1.74 bits per heavy atom. The maximum Gasteiger partial charge on any atom is 0.323 e. The highest BCUT2D eigenvalue weighted by Crippen LogP contribution is 2.13. The van der Waals surface area contributed by atoms with Gasteiger partial charge in [0, 0.05) is 12.0 Å². The van der Waals surface area contributed by atoms with Crippen LogP contribution in [0.3, 0.4) is 0 Å². The van der Waals surface area contributed by atoms with Gasteiger partial charge in [0.2, 0.25) is 11.8 Å². The number of hydrogen-bond acceptors (Lipinski definition) is 3. The predicted molar refractivity (Wildman–Crippen MR) is 86.6 cm³/mol. The zero-order chi connectivity index (χ0) is 17.6. The Kier molecular flexibility index (Phi) is 6.30. The molecule has 0 spiro atoms. The Labute approximate surface area is 136 Å². The number of nitrogens with one attached hydrogen (secondary N) is 1. The number of hydrogen-bond donors (Lipinski definition) is 2. The molecule has 0 radical (unpaired) electrons. The van der Waals surface area contributed by atoms with Gasteiger partial charge in [0.05, 0.1) is 0 Å². The molecule has 0 heterocycles. The fourth-order valence-corrected chi connectivity index (χ4v) is 1.93. The molecular formula is C17H24N2O4. The molecule has 1 rings (SSSR count). The number of carboxylic acid groups (broad SMARTS) is 1. The number of aliphatic carboxylic acids is 1. The van der Waals surface area contributed by atoms with Crippen molar-refractivity contribution in [3.8, 4) is 0 Å². The van der Waals surface area contributed by atoms with Gasteiger partial charge in [-0.05, 0) is 12.5 Å². The molecule has 0 saturated carbocycles. The van der Waals surface area contributed by atoms with E-state index < -0.39 is 29.9 Å². The van der Waals surface area contributed by atoms with Crippen LogP contribution in [0, 0.1) is 5.41 Å². The Hall–Kier alpha value is -2.37. The molecule has 1 atom stereocenters. The van der Waals surface area contributed by atoms with Crippen LogP contribution in [0.25, 0.3) is 0 Å². The summed E-state index contributed by atoms with van der Waals surface area (Å²) >= 11 is 0. The molecule has 1 aromatic carbocycles. The summed E-state index contributed by atoms with van der Waals surface area (Å²) in [6, 6.07) is 8.34. The van der Waals surface area contributed by atoms with E-state index in [1.807, 2.05) is 30.3 Å². The first-order chi connectivity index (χ1) is 10.6. The lowest BCUT2D eigenvalue weighted by molar-refractivity contribution is -0.146. The van der Waals surface area contributed by atoms with Gasteiger partial charge in [0.25, 0.3) is 0 Å². The van der Waals surface area contributed by atoms with Crippen molar-refractivity contribution in [1.82, 2.24) is 10.2 Å². The lowest BCUT2D eigenvalue weighted by Crippen LogP contribution is -2.50. The van der Waals surface area contributed by atoms with Crippen LogP contribution < -0.4 is 5.32 Å². The molecule has 126 valence electrons. The lowest BCUT2D eigenvalue weighted by Gasteiger charge is -2.27. The summed E-state index contributed by atoms with van der Waals surface area (Å²) in [6.45, 7) is 6.58. The number of benzene rings is 1. The fourth-order valence-electron chi connectivity index (χ4n) is 1.93. The minimum Gasteiger partial charge on any atom is -0.480 e. The number of carboxylic acids is 1. The van der Waals surface area contributed by atoms with Gasteiger partial charge in [-0.15, -0.1) is 0 Å². The topological polar surface area (TPSA) is 86.7 Å². The monoisotopic (exact) mass is 320 g/mol. The molecule has 2 N–H and O–H groups in total. The summed E-state index contributed by atoms with van der Waals surface area (Å²) in [5.41, 5.74) is 0.211. The van der Waals surface area contributed by atoms with Crippen LogP contribution in [-0.4, -0.2) is 40.4 Å². The van der Waals surface area contributed by atoms with E-state index in [4.69, 9.17) is 5.11 Å². The van der Waals surface area contributed by atoms with Crippen LogP contribution in [0.5, 0.6) is 0 Å². The quantitative estimate of drug-likeness (QED) is 0.834. The molecule has 0 bridgehead atoms. The Morgan fingerprint density at radius 1 is 1.17 bits per heavy atom. The van der Waals surface area contributed by atoms with Crippen molar-refractivity contribution in [2.24, 2.45) is 5.41 Å². The van der Waals surface area contributed by atoms with E-state index in [-0.39, 0.29) is 12.5 Å². The average molecular weight is 320 g/mol. The molecule has 1 unspecified atom stereocenters. The molecule has 1 aromatic rings. The fraction of sp³-hybridized carbons (Fsp3) is 0.471. The number of nitrogens with zero attached hydrogens (tertiary/aromatic N) is 1. The van der Waals surface area contributed by atoms with Gasteiger partial charge >= 0.3 is 5.97 Å². The first kappa shape index (κ1) is 18.7. The van der Waals surface area contributed by atoms with Crippen molar-refractivity contribution in [3.63, 3.8) is 0 Å². The van der Waals surface area contributed by atoms with Crippen LogP contribution in [0.4, 0.5) is 0 Å². The third kappa shape index (κ3) is 6.10. The maximum atomic E-state index is 12.5. The largest absolute Gasteiger partial charge is 0.480 e. The highest BCUT2D eigenvalue weighted by Gasteiger charge is 2.28. The smallest absolute Gasteiger partial charge is 0.323 e. The molecule has 0 fully saturated rings. The SMILES string of the molecule is CC(NC(=O)C(C)(C)C)C(=O)N(CC(=O)O)Cc1ccccc1. The van der Waals surface area contributed by atoms with Crippen LogP contribution in [0.15, 0.2) is 30.3 Å². The Bertz CT molecular complexity index is 564. The molecule has 0 saturated heterocycles. The molecule has 23 heavy (non-hydrogen) atoms. The summed E-state index contributed by atoms with van der Waals surface area (Å²) in [5.74, 6) is -1.77. The summed E-state index contributed by atoms with van der Waals surface area (Å²) in [6.07, 6.45) is 0. The van der Waals surface area contributed by atoms with E-state index in [1.54, 1.807) is 27.7 Å². The van der Waals surface area contributed by atoms with Crippen molar-refractivity contribution in [1.29, 1.82) is 0 Å². The van der Waals surface area contributed by atoms with Crippen molar-refractivity contribution < 1.29 is 19.5 Å². The van der Waals surface area contributed by atoms with Gasteiger partial charge in [-0.1, -0.05) is 51.1 Å². The third-order valence-electron chi connectivity index (χ3n) is 3.25. The van der Waals surface area contributed by atoms with Crippen LogP contribution in [0.2, 0.25) is 0 Å². The van der Waals surface area contributed by atoms with Crippen LogP contribution in [-0.2, 0) is 20.9 Å². The van der Waals surface area contributed by atoms with E-state index in [9.17, 15) is 14.4 Å². The van der Waals surface area contributed by atoms with Gasteiger partial charge in [-0.2, -0.15) is 0 Å². The molecule has 0 aliphatic heterocycles. The molecule has 0 aliphatic carbocycles. The van der Waals surface area contributed by atoms with E-state index in [0.29, 0.717) is 0 Å². The summed E-state index contributed by atoms with van der Waals surface area (Å²) in [7, 11) is 0. The second kappa shape index (κ2) is 7.76. The number of carbonyl (C=O) groups is 3. The van der Waals surface area contributed by atoms with Gasteiger partial charge in [0.15, 0.2) is 0 Å². The standard InChI is InChI=1S/C17H24N2O4/c1-12(18-16(23)17(2,3)4)15(22)19(11-14(20)21)10-13-8-6-5-7-9-13/h5-9,12H,10-11H2,1-4H3,(H,18,23)(H,20,21). The molecule has 6 heteroatoms. The Balaban J connectivity index is 2.83. The minimum absolute atomic E-state index is 0.182. The van der Waals surface area contributed by atoms with Crippen LogP contribution in [0.1, 0.15) is 33.3 Å². The third-order valence-corrected chi connectivity index (χ3v) is 3.25. The number of amides is 2. The van der Waals surface area contributed by atoms with Crippen molar-refractivity contribution in [2.45, 2.75) is 40.3 Å². The van der Waals surface area contributed by atoms with Crippen molar-refractivity contribution >= 4 is 17.8 Å². The summed E-state index contributed by atoms with van der Waals surface area (Å²) in [4.78, 5) is 36.7. The van der Waals surface area contributed by atoms with Gasteiger partial charge in [0.1, 0.15) is 12.6 Å². The minimum atomic E-state index is -1.09.